The van der Waals surface area contributed by atoms with Gasteiger partial charge in [0.15, 0.2) is 0 Å². The lowest BCUT2D eigenvalue weighted by atomic mass is 10.1. The average Bonchev–Trinajstić information content (AvgIpc) is 2.94. The Morgan fingerprint density at radius 2 is 0.962 bits per heavy atom. The van der Waals surface area contributed by atoms with Crippen LogP contribution in [0.25, 0.3) is 0 Å². The molecule has 0 spiro atoms. The van der Waals surface area contributed by atoms with Gasteiger partial charge < -0.3 is 4.57 Å². The van der Waals surface area contributed by atoms with Crippen molar-refractivity contribution in [3.63, 3.8) is 0 Å². The first kappa shape index (κ1) is 17.9. The maximum Gasteiger partial charge on any atom is 0.0688 e. The van der Waals surface area contributed by atoms with Crippen molar-refractivity contribution in [2.75, 3.05) is 0 Å². The van der Waals surface area contributed by atoms with Gasteiger partial charge in [0, 0.05) is 7.05 Å². The SMILES string of the molecule is Cc1cccc(C)c1N=Cc1ccc(C=Nc2c(C)cccc2C)n1C. The van der Waals surface area contributed by atoms with Crippen LogP contribution >= 0.6 is 0 Å². The van der Waals surface area contributed by atoms with Gasteiger partial charge in [-0.3, -0.25) is 9.98 Å². The van der Waals surface area contributed by atoms with E-state index in [0.717, 1.165) is 22.8 Å². The van der Waals surface area contributed by atoms with Gasteiger partial charge >= 0.3 is 0 Å². The molecule has 0 radical (unpaired) electrons. The summed E-state index contributed by atoms with van der Waals surface area (Å²) in [5, 5.41) is 0. The van der Waals surface area contributed by atoms with E-state index in [1.165, 1.54) is 22.3 Å². The highest BCUT2D eigenvalue weighted by Gasteiger charge is 2.04. The van der Waals surface area contributed by atoms with Crippen molar-refractivity contribution in [2.24, 2.45) is 17.0 Å². The first-order valence-electron chi connectivity index (χ1n) is 8.83. The lowest BCUT2D eigenvalue weighted by Gasteiger charge is -2.05. The lowest BCUT2D eigenvalue weighted by Crippen LogP contribution is -1.99. The van der Waals surface area contributed by atoms with Crippen LogP contribution in [0.1, 0.15) is 33.6 Å². The van der Waals surface area contributed by atoms with Crippen LogP contribution in [-0.2, 0) is 7.05 Å². The molecular weight excluding hydrogens is 318 g/mol. The monoisotopic (exact) mass is 343 g/mol. The second kappa shape index (κ2) is 7.52. The zero-order chi connectivity index (χ0) is 18.7. The molecule has 0 bridgehead atoms. The molecule has 3 rings (SSSR count). The molecule has 0 amide bonds. The third kappa shape index (κ3) is 3.67. The fraction of sp³-hybridized carbons (Fsp3) is 0.217. The molecule has 0 aliphatic rings. The smallest absolute Gasteiger partial charge is 0.0688 e. The largest absolute Gasteiger partial charge is 0.342 e. The van der Waals surface area contributed by atoms with E-state index in [1.54, 1.807) is 0 Å². The molecule has 3 nitrogen and oxygen atoms in total. The number of hydrogen-bond donors (Lipinski definition) is 0. The highest BCUT2D eigenvalue weighted by molar-refractivity contribution is 5.86. The summed E-state index contributed by atoms with van der Waals surface area (Å²) in [6, 6.07) is 16.6. The van der Waals surface area contributed by atoms with Gasteiger partial charge in [0.2, 0.25) is 0 Å². The maximum absolute atomic E-state index is 4.71. The highest BCUT2D eigenvalue weighted by atomic mass is 15.0. The van der Waals surface area contributed by atoms with Crippen molar-refractivity contribution < 1.29 is 0 Å². The number of aromatic nitrogens is 1. The van der Waals surface area contributed by atoms with E-state index < -0.39 is 0 Å². The standard InChI is InChI=1S/C23H25N3/c1-16-8-6-9-17(2)22(16)24-14-20-12-13-21(26(20)5)15-25-23-18(3)10-7-11-19(23)4/h6-15H,1-5H3. The fourth-order valence-electron chi connectivity index (χ4n) is 3.08. The predicted molar refractivity (Wildman–Crippen MR) is 112 cm³/mol. The number of aliphatic imine (C=N–C) groups is 2. The van der Waals surface area contributed by atoms with Gasteiger partial charge in [-0.25, -0.2) is 0 Å². The Balaban J connectivity index is 1.87. The zero-order valence-electron chi connectivity index (χ0n) is 16.1. The van der Waals surface area contributed by atoms with Crippen LogP contribution in [0.2, 0.25) is 0 Å². The molecule has 1 aromatic heterocycles. The second-order valence-corrected chi connectivity index (χ2v) is 6.74. The molecule has 0 fully saturated rings. The minimum absolute atomic E-state index is 1.04. The summed E-state index contributed by atoms with van der Waals surface area (Å²) in [6.07, 6.45) is 3.84. The third-order valence-corrected chi connectivity index (χ3v) is 4.73. The van der Waals surface area contributed by atoms with Gasteiger partial charge in [0.05, 0.1) is 35.2 Å². The van der Waals surface area contributed by atoms with Crippen LogP contribution in [0, 0.1) is 27.7 Å². The summed E-state index contributed by atoms with van der Waals surface area (Å²) >= 11 is 0. The molecule has 0 unspecified atom stereocenters. The van der Waals surface area contributed by atoms with E-state index in [1.807, 2.05) is 19.5 Å². The maximum atomic E-state index is 4.71. The van der Waals surface area contributed by atoms with Crippen molar-refractivity contribution in [2.45, 2.75) is 27.7 Å². The number of rotatable bonds is 4. The highest BCUT2D eigenvalue weighted by Crippen LogP contribution is 2.24. The first-order chi connectivity index (χ1) is 12.5. The number of aryl methyl sites for hydroxylation is 4. The van der Waals surface area contributed by atoms with E-state index in [4.69, 9.17) is 9.98 Å². The number of para-hydroxylation sites is 2. The van der Waals surface area contributed by atoms with E-state index in [2.05, 4.69) is 80.8 Å². The molecule has 3 heteroatoms. The van der Waals surface area contributed by atoms with Crippen molar-refractivity contribution >= 4 is 23.8 Å². The van der Waals surface area contributed by atoms with E-state index in [0.29, 0.717) is 0 Å². The van der Waals surface area contributed by atoms with Gasteiger partial charge in [0.25, 0.3) is 0 Å². The molecule has 1 heterocycles. The van der Waals surface area contributed by atoms with Gasteiger partial charge in [-0.05, 0) is 62.1 Å². The molecule has 0 saturated carbocycles. The Hall–Kier alpha value is -2.94. The van der Waals surface area contributed by atoms with Crippen LogP contribution in [0.4, 0.5) is 11.4 Å². The number of nitrogens with zero attached hydrogens (tertiary/aromatic N) is 3. The average molecular weight is 343 g/mol. The molecule has 132 valence electrons. The van der Waals surface area contributed by atoms with Gasteiger partial charge in [-0.15, -0.1) is 0 Å². The first-order valence-corrected chi connectivity index (χ1v) is 8.83. The summed E-state index contributed by atoms with van der Waals surface area (Å²) in [6.45, 7) is 8.36. The summed E-state index contributed by atoms with van der Waals surface area (Å²) in [5.41, 5.74) is 8.93. The minimum atomic E-state index is 1.04. The lowest BCUT2D eigenvalue weighted by molar-refractivity contribution is 0.909. The van der Waals surface area contributed by atoms with E-state index in [-0.39, 0.29) is 0 Å². The Bertz CT molecular complexity index is 871. The predicted octanol–water partition coefficient (Wildman–Crippen LogP) is 5.76. The summed E-state index contributed by atoms with van der Waals surface area (Å²) < 4.78 is 2.11. The summed E-state index contributed by atoms with van der Waals surface area (Å²) in [7, 11) is 2.04. The molecule has 0 atom stereocenters. The summed E-state index contributed by atoms with van der Waals surface area (Å²) in [4.78, 5) is 9.41. The van der Waals surface area contributed by atoms with E-state index >= 15 is 0 Å². The number of hydrogen-bond acceptors (Lipinski definition) is 2. The topological polar surface area (TPSA) is 29.6 Å². The normalized spacial score (nSPS) is 11.7. The van der Waals surface area contributed by atoms with Crippen molar-refractivity contribution in [3.05, 3.63) is 82.2 Å². The van der Waals surface area contributed by atoms with E-state index in [9.17, 15) is 0 Å². The molecule has 0 aliphatic carbocycles. The molecule has 3 aromatic rings. The molecule has 0 N–H and O–H groups in total. The Kier molecular flexibility index (Phi) is 5.17. The molecule has 26 heavy (non-hydrogen) atoms. The summed E-state index contributed by atoms with van der Waals surface area (Å²) in [5.74, 6) is 0. The van der Waals surface area contributed by atoms with Crippen molar-refractivity contribution in [3.8, 4) is 0 Å². The fourth-order valence-corrected chi connectivity index (χ4v) is 3.08. The van der Waals surface area contributed by atoms with Crippen molar-refractivity contribution in [1.29, 1.82) is 0 Å². The van der Waals surface area contributed by atoms with Crippen LogP contribution in [0.3, 0.4) is 0 Å². The van der Waals surface area contributed by atoms with Crippen LogP contribution in [-0.4, -0.2) is 17.0 Å². The van der Waals surface area contributed by atoms with Gasteiger partial charge in [0.1, 0.15) is 0 Å². The van der Waals surface area contributed by atoms with Crippen LogP contribution < -0.4 is 0 Å². The quantitative estimate of drug-likeness (QED) is 0.539. The zero-order valence-corrected chi connectivity index (χ0v) is 16.1. The molecule has 2 aromatic carbocycles. The Morgan fingerprint density at radius 3 is 1.31 bits per heavy atom. The van der Waals surface area contributed by atoms with Gasteiger partial charge in [-0.1, -0.05) is 36.4 Å². The molecule has 0 aliphatic heterocycles. The van der Waals surface area contributed by atoms with Gasteiger partial charge in [-0.2, -0.15) is 0 Å². The second-order valence-electron chi connectivity index (χ2n) is 6.74. The van der Waals surface area contributed by atoms with Crippen LogP contribution in [0.15, 0.2) is 58.5 Å². The minimum Gasteiger partial charge on any atom is -0.342 e. The van der Waals surface area contributed by atoms with Crippen LogP contribution in [0.5, 0.6) is 0 Å². The Morgan fingerprint density at radius 1 is 0.615 bits per heavy atom. The van der Waals surface area contributed by atoms with Crippen molar-refractivity contribution in [1.82, 2.24) is 4.57 Å². The Labute approximate surface area is 155 Å². The number of benzene rings is 2. The molecule has 0 saturated heterocycles. The molecular formula is C23H25N3. The third-order valence-electron chi connectivity index (χ3n) is 4.73.